The third-order valence-corrected chi connectivity index (χ3v) is 4.60. The van der Waals surface area contributed by atoms with E-state index in [-0.39, 0.29) is 24.3 Å². The summed E-state index contributed by atoms with van der Waals surface area (Å²) in [6.07, 6.45) is 2.20. The van der Waals surface area contributed by atoms with Crippen LogP contribution in [0.1, 0.15) is 25.3 Å². The van der Waals surface area contributed by atoms with E-state index in [9.17, 15) is 9.59 Å². The molecule has 2 N–H and O–H groups in total. The standard InChI is InChI=1S/C17H22N6O2/c1-2-12-3-5-14(6-4-12)17-19-21-23(20-17)11-15(24)22-9-7-13(8-10-22)16(18)25/h3-6,13H,2,7-11H2,1H3,(H2,18,25). The molecule has 8 heteroatoms. The number of rotatable bonds is 5. The van der Waals surface area contributed by atoms with Crippen LogP contribution < -0.4 is 5.73 Å². The number of carbonyl (C=O) groups is 2. The summed E-state index contributed by atoms with van der Waals surface area (Å²) in [6.45, 7) is 3.21. The number of primary amides is 1. The molecule has 0 saturated carbocycles. The smallest absolute Gasteiger partial charge is 0.246 e. The molecule has 1 aromatic heterocycles. The Bertz CT molecular complexity index is 747. The summed E-state index contributed by atoms with van der Waals surface area (Å²) in [7, 11) is 0. The number of piperidine rings is 1. The molecule has 25 heavy (non-hydrogen) atoms. The first-order chi connectivity index (χ1) is 12.1. The van der Waals surface area contributed by atoms with Crippen molar-refractivity contribution in [2.45, 2.75) is 32.7 Å². The largest absolute Gasteiger partial charge is 0.369 e. The lowest BCUT2D eigenvalue weighted by molar-refractivity contribution is -0.135. The monoisotopic (exact) mass is 342 g/mol. The van der Waals surface area contributed by atoms with Crippen molar-refractivity contribution in [3.05, 3.63) is 29.8 Å². The van der Waals surface area contributed by atoms with E-state index in [1.54, 1.807) is 4.90 Å². The van der Waals surface area contributed by atoms with Gasteiger partial charge >= 0.3 is 0 Å². The second-order valence-electron chi connectivity index (χ2n) is 6.25. The van der Waals surface area contributed by atoms with Crippen LogP contribution in [-0.2, 0) is 22.6 Å². The van der Waals surface area contributed by atoms with Crippen molar-refractivity contribution in [1.29, 1.82) is 0 Å². The van der Waals surface area contributed by atoms with Gasteiger partial charge in [-0.15, -0.1) is 10.2 Å². The summed E-state index contributed by atoms with van der Waals surface area (Å²) in [5.41, 5.74) is 7.43. The van der Waals surface area contributed by atoms with Crippen LogP contribution in [0.3, 0.4) is 0 Å². The molecule has 0 radical (unpaired) electrons. The van der Waals surface area contributed by atoms with E-state index < -0.39 is 0 Å². The van der Waals surface area contributed by atoms with Crippen LogP contribution in [0.15, 0.2) is 24.3 Å². The normalized spacial score (nSPS) is 15.3. The number of carbonyl (C=O) groups excluding carboxylic acids is 2. The number of benzene rings is 1. The maximum Gasteiger partial charge on any atom is 0.246 e. The highest BCUT2D eigenvalue weighted by Gasteiger charge is 2.26. The summed E-state index contributed by atoms with van der Waals surface area (Å²) < 4.78 is 0. The Hall–Kier alpha value is -2.77. The van der Waals surface area contributed by atoms with Gasteiger partial charge < -0.3 is 10.6 Å². The summed E-state index contributed by atoms with van der Waals surface area (Å²) in [4.78, 5) is 26.6. The molecular weight excluding hydrogens is 320 g/mol. The third-order valence-electron chi connectivity index (χ3n) is 4.60. The Labute approximate surface area is 146 Å². The van der Waals surface area contributed by atoms with E-state index in [0.717, 1.165) is 12.0 Å². The Morgan fingerprint density at radius 2 is 1.88 bits per heavy atom. The number of likely N-dealkylation sites (tertiary alicyclic amines) is 1. The molecule has 1 aliphatic rings. The zero-order valence-electron chi connectivity index (χ0n) is 14.3. The number of aryl methyl sites for hydroxylation is 1. The third kappa shape index (κ3) is 4.01. The van der Waals surface area contributed by atoms with Gasteiger partial charge in [-0.05, 0) is 30.0 Å². The van der Waals surface area contributed by atoms with Crippen molar-refractivity contribution in [2.24, 2.45) is 11.7 Å². The summed E-state index contributed by atoms with van der Waals surface area (Å²) >= 11 is 0. The van der Waals surface area contributed by atoms with E-state index in [4.69, 9.17) is 5.73 Å². The van der Waals surface area contributed by atoms with Gasteiger partial charge in [0.15, 0.2) is 0 Å². The summed E-state index contributed by atoms with van der Waals surface area (Å²) in [6, 6.07) is 7.97. The minimum absolute atomic E-state index is 0.0429. The molecule has 1 fully saturated rings. The van der Waals surface area contributed by atoms with Gasteiger partial charge in [-0.3, -0.25) is 9.59 Å². The number of aromatic nitrogens is 4. The lowest BCUT2D eigenvalue weighted by Gasteiger charge is -2.30. The van der Waals surface area contributed by atoms with Gasteiger partial charge in [0.1, 0.15) is 6.54 Å². The topological polar surface area (TPSA) is 107 Å². The molecule has 3 rings (SSSR count). The van der Waals surface area contributed by atoms with Crippen LogP contribution >= 0.6 is 0 Å². The second-order valence-corrected chi connectivity index (χ2v) is 6.25. The first-order valence-electron chi connectivity index (χ1n) is 8.51. The molecule has 2 amide bonds. The lowest BCUT2D eigenvalue weighted by Crippen LogP contribution is -2.43. The second kappa shape index (κ2) is 7.42. The zero-order valence-corrected chi connectivity index (χ0v) is 14.3. The molecule has 1 aromatic carbocycles. The predicted molar refractivity (Wildman–Crippen MR) is 91.1 cm³/mol. The molecule has 0 unspecified atom stereocenters. The maximum absolute atomic E-state index is 12.4. The molecule has 0 atom stereocenters. The van der Waals surface area contributed by atoms with Crippen molar-refractivity contribution in [2.75, 3.05) is 13.1 Å². The van der Waals surface area contributed by atoms with Crippen LogP contribution in [0, 0.1) is 5.92 Å². The van der Waals surface area contributed by atoms with E-state index >= 15 is 0 Å². The Morgan fingerprint density at radius 3 is 2.48 bits per heavy atom. The molecule has 0 spiro atoms. The van der Waals surface area contributed by atoms with E-state index in [1.165, 1.54) is 10.4 Å². The van der Waals surface area contributed by atoms with Gasteiger partial charge in [-0.1, -0.05) is 31.2 Å². The van der Waals surface area contributed by atoms with E-state index in [1.807, 2.05) is 24.3 Å². The first-order valence-corrected chi connectivity index (χ1v) is 8.51. The lowest BCUT2D eigenvalue weighted by atomic mass is 9.96. The minimum atomic E-state index is -0.288. The molecule has 2 heterocycles. The molecule has 8 nitrogen and oxygen atoms in total. The average Bonchev–Trinajstić information content (AvgIpc) is 3.10. The van der Waals surface area contributed by atoms with Gasteiger partial charge in [0, 0.05) is 24.6 Å². The number of tetrazole rings is 1. The Morgan fingerprint density at radius 1 is 1.20 bits per heavy atom. The van der Waals surface area contributed by atoms with Gasteiger partial charge in [0.25, 0.3) is 0 Å². The highest BCUT2D eigenvalue weighted by Crippen LogP contribution is 2.17. The highest BCUT2D eigenvalue weighted by atomic mass is 16.2. The van der Waals surface area contributed by atoms with Crippen LogP contribution in [-0.4, -0.2) is 50.0 Å². The Kier molecular flexibility index (Phi) is 5.06. The van der Waals surface area contributed by atoms with Crippen molar-refractivity contribution in [3.63, 3.8) is 0 Å². The van der Waals surface area contributed by atoms with Crippen LogP contribution in [0.25, 0.3) is 11.4 Å². The predicted octanol–water partition coefficient (Wildman–Crippen LogP) is 0.626. The number of amides is 2. The fourth-order valence-corrected chi connectivity index (χ4v) is 2.95. The van der Waals surface area contributed by atoms with Gasteiger partial charge in [-0.25, -0.2) is 0 Å². The van der Waals surface area contributed by atoms with Gasteiger partial charge in [-0.2, -0.15) is 4.80 Å². The number of hydrogen-bond acceptors (Lipinski definition) is 5. The van der Waals surface area contributed by atoms with Crippen LogP contribution in [0.2, 0.25) is 0 Å². The minimum Gasteiger partial charge on any atom is -0.369 e. The van der Waals surface area contributed by atoms with Crippen molar-refractivity contribution >= 4 is 11.8 Å². The number of nitrogens with zero attached hydrogens (tertiary/aromatic N) is 5. The average molecular weight is 342 g/mol. The van der Waals surface area contributed by atoms with E-state index in [0.29, 0.717) is 31.8 Å². The summed E-state index contributed by atoms with van der Waals surface area (Å²) in [5, 5.41) is 12.3. The molecule has 1 saturated heterocycles. The van der Waals surface area contributed by atoms with Crippen molar-refractivity contribution in [3.8, 4) is 11.4 Å². The quantitative estimate of drug-likeness (QED) is 0.857. The maximum atomic E-state index is 12.4. The van der Waals surface area contributed by atoms with Crippen LogP contribution in [0.5, 0.6) is 0 Å². The van der Waals surface area contributed by atoms with Gasteiger partial charge in [0.05, 0.1) is 0 Å². The molecule has 1 aliphatic heterocycles. The molecule has 2 aromatic rings. The summed E-state index contributed by atoms with van der Waals surface area (Å²) in [5.74, 6) is 0.00565. The van der Waals surface area contributed by atoms with Crippen molar-refractivity contribution in [1.82, 2.24) is 25.1 Å². The fraction of sp³-hybridized carbons (Fsp3) is 0.471. The molecule has 132 valence electrons. The number of nitrogens with two attached hydrogens (primary N) is 1. The van der Waals surface area contributed by atoms with E-state index in [2.05, 4.69) is 22.3 Å². The molecular formula is C17H22N6O2. The van der Waals surface area contributed by atoms with Gasteiger partial charge in [0.2, 0.25) is 17.6 Å². The zero-order chi connectivity index (χ0) is 17.8. The Balaban J connectivity index is 1.59. The molecule has 0 aliphatic carbocycles. The highest BCUT2D eigenvalue weighted by molar-refractivity contribution is 5.78. The molecule has 0 bridgehead atoms. The number of hydrogen-bond donors (Lipinski definition) is 1. The van der Waals surface area contributed by atoms with Crippen LogP contribution in [0.4, 0.5) is 0 Å². The SMILES string of the molecule is CCc1ccc(-c2nnn(CC(=O)N3CCC(C(N)=O)CC3)n2)cc1. The first kappa shape index (κ1) is 17.1. The van der Waals surface area contributed by atoms with Crippen molar-refractivity contribution < 1.29 is 9.59 Å². The fourth-order valence-electron chi connectivity index (χ4n) is 2.95.